The second-order valence-electron chi connectivity index (χ2n) is 2.90. The second kappa shape index (κ2) is 5.43. The SMILES string of the molecule is COC(=O)CC#Cc1ccc(O)c(C#N)c1. The zero-order valence-corrected chi connectivity index (χ0v) is 8.65. The third-order valence-corrected chi connectivity index (χ3v) is 1.81. The number of phenols is 1. The van der Waals surface area contributed by atoms with E-state index in [-0.39, 0.29) is 17.7 Å². The number of benzene rings is 1. The summed E-state index contributed by atoms with van der Waals surface area (Å²) in [5.74, 6) is 4.81. The van der Waals surface area contributed by atoms with Crippen molar-refractivity contribution in [1.82, 2.24) is 0 Å². The van der Waals surface area contributed by atoms with Crippen LogP contribution in [0.2, 0.25) is 0 Å². The number of rotatable bonds is 1. The lowest BCUT2D eigenvalue weighted by atomic mass is 10.1. The van der Waals surface area contributed by atoms with E-state index in [1.54, 1.807) is 6.07 Å². The summed E-state index contributed by atoms with van der Waals surface area (Å²) in [5.41, 5.74) is 0.725. The molecule has 0 amide bonds. The number of hydrogen-bond acceptors (Lipinski definition) is 4. The average Bonchev–Trinajstić information content (AvgIpc) is 2.31. The highest BCUT2D eigenvalue weighted by Gasteiger charge is 1.99. The molecule has 0 aliphatic heterocycles. The van der Waals surface area contributed by atoms with Gasteiger partial charge in [-0.15, -0.1) is 0 Å². The van der Waals surface area contributed by atoms with Crippen LogP contribution in [0.25, 0.3) is 0 Å². The second-order valence-corrected chi connectivity index (χ2v) is 2.90. The summed E-state index contributed by atoms with van der Waals surface area (Å²) in [4.78, 5) is 10.8. The summed E-state index contributed by atoms with van der Waals surface area (Å²) in [6.45, 7) is 0. The first-order valence-electron chi connectivity index (χ1n) is 4.46. The maximum atomic E-state index is 10.8. The molecule has 0 aromatic heterocycles. The average molecular weight is 215 g/mol. The van der Waals surface area contributed by atoms with Gasteiger partial charge in [0.15, 0.2) is 0 Å². The molecule has 4 heteroatoms. The first kappa shape index (κ1) is 11.6. The minimum Gasteiger partial charge on any atom is -0.507 e. The number of phenolic OH excluding ortho intramolecular Hbond substituents is 1. The van der Waals surface area contributed by atoms with E-state index in [1.807, 2.05) is 6.07 Å². The predicted octanol–water partition coefficient (Wildman–Crippen LogP) is 1.18. The molecule has 0 spiro atoms. The van der Waals surface area contributed by atoms with E-state index in [9.17, 15) is 9.90 Å². The highest BCUT2D eigenvalue weighted by Crippen LogP contribution is 2.16. The molecule has 0 aliphatic carbocycles. The Morgan fingerprint density at radius 3 is 2.94 bits per heavy atom. The summed E-state index contributed by atoms with van der Waals surface area (Å²) in [6, 6.07) is 6.25. The third-order valence-electron chi connectivity index (χ3n) is 1.81. The van der Waals surface area contributed by atoms with Crippen molar-refractivity contribution < 1.29 is 14.6 Å². The molecule has 80 valence electrons. The first-order valence-corrected chi connectivity index (χ1v) is 4.46. The van der Waals surface area contributed by atoms with Gasteiger partial charge in [0.2, 0.25) is 0 Å². The third kappa shape index (κ3) is 3.04. The van der Waals surface area contributed by atoms with Crippen LogP contribution in [0.15, 0.2) is 18.2 Å². The van der Waals surface area contributed by atoms with E-state index in [0.717, 1.165) is 0 Å². The van der Waals surface area contributed by atoms with Crippen LogP contribution in [0.3, 0.4) is 0 Å². The molecule has 0 atom stereocenters. The Kier molecular flexibility index (Phi) is 3.94. The molecule has 1 N–H and O–H groups in total. The van der Waals surface area contributed by atoms with Gasteiger partial charge in [0.25, 0.3) is 0 Å². The Hall–Kier alpha value is -2.46. The maximum absolute atomic E-state index is 10.8. The lowest BCUT2D eigenvalue weighted by Gasteiger charge is -1.95. The van der Waals surface area contributed by atoms with E-state index in [0.29, 0.717) is 5.56 Å². The zero-order valence-electron chi connectivity index (χ0n) is 8.65. The summed E-state index contributed by atoms with van der Waals surface area (Å²) in [7, 11) is 1.29. The Morgan fingerprint density at radius 1 is 1.56 bits per heavy atom. The lowest BCUT2D eigenvalue weighted by molar-refractivity contribution is -0.139. The van der Waals surface area contributed by atoms with Crippen molar-refractivity contribution in [2.24, 2.45) is 0 Å². The van der Waals surface area contributed by atoms with Crippen molar-refractivity contribution in [3.05, 3.63) is 29.3 Å². The van der Waals surface area contributed by atoms with Crippen molar-refractivity contribution in [3.63, 3.8) is 0 Å². The standard InChI is InChI=1S/C12H9NO3/c1-16-12(15)4-2-3-9-5-6-11(14)10(7-9)8-13/h5-7,14H,4H2,1H3. The number of methoxy groups -OCH3 is 1. The molecule has 1 rings (SSSR count). The van der Waals surface area contributed by atoms with Gasteiger partial charge in [-0.25, -0.2) is 0 Å². The monoisotopic (exact) mass is 215 g/mol. The van der Waals surface area contributed by atoms with Crippen LogP contribution in [0.5, 0.6) is 5.75 Å². The van der Waals surface area contributed by atoms with E-state index >= 15 is 0 Å². The van der Waals surface area contributed by atoms with Crippen molar-refractivity contribution in [2.75, 3.05) is 7.11 Å². The molecule has 0 unspecified atom stereocenters. The van der Waals surface area contributed by atoms with Crippen LogP contribution >= 0.6 is 0 Å². The van der Waals surface area contributed by atoms with Gasteiger partial charge in [-0.05, 0) is 18.2 Å². The number of nitriles is 1. The van der Waals surface area contributed by atoms with Gasteiger partial charge >= 0.3 is 5.97 Å². The topological polar surface area (TPSA) is 70.3 Å². The van der Waals surface area contributed by atoms with Crippen LogP contribution in [0.1, 0.15) is 17.5 Å². The molecule has 0 heterocycles. The Bertz CT molecular complexity index is 503. The molecule has 1 aromatic rings. The zero-order chi connectivity index (χ0) is 12.0. The number of carbonyl (C=O) groups excluding carboxylic acids is 1. The largest absolute Gasteiger partial charge is 0.507 e. The molecular formula is C12H9NO3. The number of carbonyl (C=O) groups is 1. The minimum absolute atomic E-state index is 0.000731. The number of esters is 1. The fourth-order valence-corrected chi connectivity index (χ4v) is 0.994. The number of ether oxygens (including phenoxy) is 1. The molecule has 4 nitrogen and oxygen atoms in total. The maximum Gasteiger partial charge on any atom is 0.317 e. The van der Waals surface area contributed by atoms with Crippen molar-refractivity contribution >= 4 is 5.97 Å². The Labute approximate surface area is 93.1 Å². The highest BCUT2D eigenvalue weighted by atomic mass is 16.5. The van der Waals surface area contributed by atoms with Gasteiger partial charge in [-0.2, -0.15) is 5.26 Å². The minimum atomic E-state index is -0.410. The summed E-state index contributed by atoms with van der Waals surface area (Å²) in [5, 5.41) is 17.9. The predicted molar refractivity (Wildman–Crippen MR) is 56.3 cm³/mol. The van der Waals surface area contributed by atoms with Crippen molar-refractivity contribution in [1.29, 1.82) is 5.26 Å². The van der Waals surface area contributed by atoms with Gasteiger partial charge in [0.1, 0.15) is 18.2 Å². The van der Waals surface area contributed by atoms with Gasteiger partial charge in [0, 0.05) is 5.56 Å². The summed E-state index contributed by atoms with van der Waals surface area (Å²) >= 11 is 0. The molecule has 1 aromatic carbocycles. The fraction of sp³-hybridized carbons (Fsp3) is 0.167. The Morgan fingerprint density at radius 2 is 2.31 bits per heavy atom. The van der Waals surface area contributed by atoms with Crippen LogP contribution < -0.4 is 0 Å². The number of hydrogen-bond donors (Lipinski definition) is 1. The fourth-order valence-electron chi connectivity index (χ4n) is 0.994. The van der Waals surface area contributed by atoms with Gasteiger partial charge in [0.05, 0.1) is 12.7 Å². The molecule has 0 bridgehead atoms. The Balaban J connectivity index is 2.83. The van der Waals surface area contributed by atoms with Gasteiger partial charge < -0.3 is 9.84 Å². The molecule has 0 radical (unpaired) electrons. The molecular weight excluding hydrogens is 206 g/mol. The summed E-state index contributed by atoms with van der Waals surface area (Å²) < 4.78 is 4.42. The first-order chi connectivity index (χ1) is 7.67. The van der Waals surface area contributed by atoms with Crippen LogP contribution in [0, 0.1) is 23.2 Å². The van der Waals surface area contributed by atoms with Gasteiger partial charge in [-0.1, -0.05) is 11.8 Å². The van der Waals surface area contributed by atoms with E-state index in [1.165, 1.54) is 19.2 Å². The van der Waals surface area contributed by atoms with Crippen LogP contribution in [-0.4, -0.2) is 18.2 Å². The molecule has 0 saturated heterocycles. The smallest absolute Gasteiger partial charge is 0.317 e. The van der Waals surface area contributed by atoms with Crippen LogP contribution in [-0.2, 0) is 9.53 Å². The molecule has 0 saturated carbocycles. The van der Waals surface area contributed by atoms with E-state index < -0.39 is 5.97 Å². The molecule has 16 heavy (non-hydrogen) atoms. The lowest BCUT2D eigenvalue weighted by Crippen LogP contribution is -1.97. The molecule has 0 aliphatic rings. The normalized spacial score (nSPS) is 8.50. The quantitative estimate of drug-likeness (QED) is 0.564. The van der Waals surface area contributed by atoms with Crippen molar-refractivity contribution in [2.45, 2.75) is 6.42 Å². The van der Waals surface area contributed by atoms with Gasteiger partial charge in [-0.3, -0.25) is 4.79 Å². The highest BCUT2D eigenvalue weighted by molar-refractivity contribution is 5.72. The number of nitrogens with zero attached hydrogens (tertiary/aromatic N) is 1. The summed E-state index contributed by atoms with van der Waals surface area (Å²) in [6.07, 6.45) is -0.000731. The van der Waals surface area contributed by atoms with Crippen molar-refractivity contribution in [3.8, 4) is 23.7 Å². The number of aromatic hydroxyl groups is 1. The molecule has 0 fully saturated rings. The van der Waals surface area contributed by atoms with E-state index in [4.69, 9.17) is 5.26 Å². The van der Waals surface area contributed by atoms with E-state index in [2.05, 4.69) is 16.6 Å². The van der Waals surface area contributed by atoms with Crippen LogP contribution in [0.4, 0.5) is 0 Å².